The van der Waals surface area contributed by atoms with E-state index in [1.54, 1.807) is 0 Å². The number of hydrogen-bond acceptors (Lipinski definition) is 0. The van der Waals surface area contributed by atoms with Crippen molar-refractivity contribution in [3.63, 3.8) is 0 Å². The van der Waals surface area contributed by atoms with Gasteiger partial charge in [0, 0.05) is 0 Å². The highest BCUT2D eigenvalue weighted by atomic mass is 35.7. The van der Waals surface area contributed by atoms with Crippen molar-refractivity contribution in [1.29, 1.82) is 0 Å². The van der Waals surface area contributed by atoms with Gasteiger partial charge in [-0.05, 0) is 47.1 Å². The summed E-state index contributed by atoms with van der Waals surface area (Å²) in [4.78, 5) is 0. The third kappa shape index (κ3) is 10.1. The topological polar surface area (TPSA) is 0 Å². The van der Waals surface area contributed by atoms with Crippen LogP contribution in [-0.2, 0) is 0 Å². The summed E-state index contributed by atoms with van der Waals surface area (Å²) >= 11 is 27.0. The fraction of sp³-hybridized carbons (Fsp3) is 0.500. The van der Waals surface area contributed by atoms with E-state index in [1.807, 2.05) is 12.1 Å². The Morgan fingerprint density at radius 1 is 0.567 bits per heavy atom. The highest BCUT2D eigenvalue weighted by molar-refractivity contribution is 7.45. The molecule has 0 heterocycles. The largest absolute Gasteiger partial charge is 0.251 e. The third-order valence-electron chi connectivity index (χ3n) is 5.78. The van der Waals surface area contributed by atoms with Gasteiger partial charge in [0.25, 0.3) is 13.4 Å². The zero-order valence-corrected chi connectivity index (χ0v) is 23.1. The Labute approximate surface area is 204 Å². The minimum absolute atomic E-state index is 0.415. The molecule has 0 amide bonds. The molecule has 30 heavy (non-hydrogen) atoms. The molecule has 0 bridgehead atoms. The monoisotopic (exact) mass is 518 g/mol. The molecule has 0 radical (unpaired) electrons. The molecule has 166 valence electrons. The summed E-state index contributed by atoms with van der Waals surface area (Å²) in [5.74, 6) is 0.831. The van der Waals surface area contributed by atoms with Gasteiger partial charge in [-0.1, -0.05) is 100 Å². The fourth-order valence-corrected chi connectivity index (χ4v) is 12.6. The fourth-order valence-electron chi connectivity index (χ4n) is 4.02. The van der Waals surface area contributed by atoms with Crippen molar-refractivity contribution in [1.82, 2.24) is 0 Å². The molecule has 0 fully saturated rings. The van der Waals surface area contributed by atoms with Crippen molar-refractivity contribution < 1.29 is 0 Å². The van der Waals surface area contributed by atoms with Crippen LogP contribution in [0.5, 0.6) is 0 Å². The standard InChI is InChI=1S/C24H34Cl4Si2/c1-21(23-13-7-5-8-14-23)19-29(25,26)17-11-3-4-12-18-30(27,28)20-22(2)24-15-9-6-10-16-24/h5-10,13-16,21-22H,3-4,11-12,17-20H2,1-2H3. The summed E-state index contributed by atoms with van der Waals surface area (Å²) in [5.41, 5.74) is 2.65. The first-order valence-corrected chi connectivity index (χ1v) is 19.9. The number of unbranched alkanes of at least 4 members (excludes halogenated alkanes) is 3. The summed E-state index contributed by atoms with van der Waals surface area (Å²) in [6, 6.07) is 24.8. The van der Waals surface area contributed by atoms with E-state index in [2.05, 4.69) is 62.4 Å². The first-order valence-electron chi connectivity index (χ1n) is 11.0. The van der Waals surface area contributed by atoms with Gasteiger partial charge in [-0.25, -0.2) is 0 Å². The Morgan fingerprint density at radius 2 is 0.900 bits per heavy atom. The van der Waals surface area contributed by atoms with Crippen molar-refractivity contribution >= 4 is 57.7 Å². The Hall–Kier alpha value is 0.0338. The van der Waals surface area contributed by atoms with E-state index >= 15 is 0 Å². The molecular formula is C24H34Cl4Si2. The highest BCUT2D eigenvalue weighted by Crippen LogP contribution is 2.37. The average Bonchev–Trinajstić information content (AvgIpc) is 2.71. The van der Waals surface area contributed by atoms with Gasteiger partial charge in [-0.2, -0.15) is 0 Å². The normalized spacial score (nSPS) is 14.5. The van der Waals surface area contributed by atoms with Crippen LogP contribution in [0.4, 0.5) is 0 Å². The van der Waals surface area contributed by atoms with Crippen LogP contribution in [0.25, 0.3) is 0 Å². The van der Waals surface area contributed by atoms with Gasteiger partial charge < -0.3 is 0 Å². The number of halogens is 4. The van der Waals surface area contributed by atoms with Crippen LogP contribution in [0, 0.1) is 0 Å². The predicted molar refractivity (Wildman–Crippen MR) is 142 cm³/mol. The molecule has 2 unspecified atom stereocenters. The Kier molecular flexibility index (Phi) is 11.3. The average molecular weight is 521 g/mol. The van der Waals surface area contributed by atoms with Gasteiger partial charge in [-0.15, -0.1) is 44.3 Å². The van der Waals surface area contributed by atoms with Crippen LogP contribution in [0.3, 0.4) is 0 Å². The molecule has 0 aromatic heterocycles. The van der Waals surface area contributed by atoms with Crippen molar-refractivity contribution in [3.05, 3.63) is 71.8 Å². The maximum Gasteiger partial charge on any atom is 0.251 e. The Morgan fingerprint density at radius 3 is 1.23 bits per heavy atom. The number of benzene rings is 2. The highest BCUT2D eigenvalue weighted by Gasteiger charge is 2.32. The lowest BCUT2D eigenvalue weighted by Crippen LogP contribution is -2.22. The van der Waals surface area contributed by atoms with Gasteiger partial charge in [0.1, 0.15) is 0 Å². The molecule has 0 nitrogen and oxygen atoms in total. The minimum Gasteiger partial charge on any atom is -0.146 e. The number of rotatable bonds is 13. The second-order valence-electron chi connectivity index (χ2n) is 8.66. The van der Waals surface area contributed by atoms with Crippen molar-refractivity contribution in [2.45, 2.75) is 75.5 Å². The Balaban J connectivity index is 1.63. The van der Waals surface area contributed by atoms with Gasteiger partial charge in [-0.3, -0.25) is 0 Å². The molecule has 6 heteroatoms. The van der Waals surface area contributed by atoms with Gasteiger partial charge in [0.15, 0.2) is 0 Å². The van der Waals surface area contributed by atoms with E-state index in [9.17, 15) is 0 Å². The van der Waals surface area contributed by atoms with Crippen LogP contribution < -0.4 is 0 Å². The molecule has 0 N–H and O–H groups in total. The Bertz CT molecular complexity index is 659. The SMILES string of the molecule is CC(C[Si](Cl)(Cl)CCCCCC[Si](Cl)(Cl)CC(C)c1ccccc1)c1ccccc1. The quantitative estimate of drug-likeness (QED) is 0.140. The second kappa shape index (κ2) is 12.9. The summed E-state index contributed by atoms with van der Waals surface area (Å²) in [6.07, 6.45) is 4.50. The lowest BCUT2D eigenvalue weighted by atomic mass is 10.0. The minimum atomic E-state index is -2.20. The van der Waals surface area contributed by atoms with Crippen LogP contribution in [0.15, 0.2) is 60.7 Å². The van der Waals surface area contributed by atoms with Gasteiger partial charge in [0.2, 0.25) is 0 Å². The van der Waals surface area contributed by atoms with Crippen molar-refractivity contribution in [3.8, 4) is 0 Å². The van der Waals surface area contributed by atoms with Crippen LogP contribution >= 0.6 is 44.3 Å². The number of hydrogen-bond donors (Lipinski definition) is 0. The van der Waals surface area contributed by atoms with Gasteiger partial charge in [0.05, 0.1) is 0 Å². The molecule has 2 aromatic carbocycles. The lowest BCUT2D eigenvalue weighted by molar-refractivity contribution is 0.692. The van der Waals surface area contributed by atoms with E-state index in [1.165, 1.54) is 11.1 Å². The van der Waals surface area contributed by atoms with Crippen LogP contribution in [0.1, 0.15) is 62.5 Å². The van der Waals surface area contributed by atoms with E-state index in [-0.39, 0.29) is 0 Å². The first-order chi connectivity index (χ1) is 14.2. The summed E-state index contributed by atoms with van der Waals surface area (Å²) in [6.45, 7) is 0.0427. The van der Waals surface area contributed by atoms with Crippen molar-refractivity contribution in [2.75, 3.05) is 0 Å². The van der Waals surface area contributed by atoms with E-state index in [0.717, 1.165) is 49.9 Å². The van der Waals surface area contributed by atoms with Gasteiger partial charge >= 0.3 is 0 Å². The lowest BCUT2D eigenvalue weighted by Gasteiger charge is -2.22. The summed E-state index contributed by atoms with van der Waals surface area (Å²) < 4.78 is 0. The van der Waals surface area contributed by atoms with E-state index in [0.29, 0.717) is 11.8 Å². The molecule has 0 aliphatic carbocycles. The molecule has 0 aliphatic rings. The summed E-state index contributed by atoms with van der Waals surface area (Å²) in [5, 5.41) is 0. The molecule has 0 saturated carbocycles. The molecule has 0 spiro atoms. The zero-order valence-electron chi connectivity index (χ0n) is 18.1. The molecular weight excluding hydrogens is 486 g/mol. The maximum absolute atomic E-state index is 6.75. The zero-order chi connectivity index (χ0) is 22.0. The molecule has 2 atom stereocenters. The predicted octanol–water partition coefficient (Wildman–Crippen LogP) is 9.99. The smallest absolute Gasteiger partial charge is 0.146 e. The van der Waals surface area contributed by atoms with E-state index in [4.69, 9.17) is 44.3 Å². The first kappa shape index (κ1) is 26.3. The molecule has 2 aromatic rings. The summed E-state index contributed by atoms with van der Waals surface area (Å²) in [7, 11) is 0. The molecule has 0 aliphatic heterocycles. The maximum atomic E-state index is 6.75. The van der Waals surface area contributed by atoms with E-state index < -0.39 is 13.4 Å². The van der Waals surface area contributed by atoms with Crippen LogP contribution in [-0.4, -0.2) is 13.4 Å². The molecule has 0 saturated heterocycles. The second-order valence-corrected chi connectivity index (χ2v) is 23.7. The van der Waals surface area contributed by atoms with Crippen LogP contribution in [0.2, 0.25) is 24.2 Å². The third-order valence-corrected chi connectivity index (χ3v) is 14.5. The van der Waals surface area contributed by atoms with Crippen molar-refractivity contribution in [2.24, 2.45) is 0 Å². The molecule has 2 rings (SSSR count).